The van der Waals surface area contributed by atoms with Crippen molar-refractivity contribution in [3.8, 4) is 5.69 Å². The Morgan fingerprint density at radius 1 is 1.12 bits per heavy atom. The number of urea groups is 1. The molecule has 1 aromatic carbocycles. The van der Waals surface area contributed by atoms with Crippen LogP contribution in [-0.4, -0.2) is 57.8 Å². The van der Waals surface area contributed by atoms with Gasteiger partial charge in [0, 0.05) is 43.7 Å². The van der Waals surface area contributed by atoms with Crippen LogP contribution in [0.25, 0.3) is 5.69 Å². The summed E-state index contributed by atoms with van der Waals surface area (Å²) in [6.07, 6.45) is 5.06. The molecule has 0 bridgehead atoms. The lowest BCUT2D eigenvalue weighted by Crippen LogP contribution is -2.52. The lowest BCUT2D eigenvalue weighted by molar-refractivity contribution is 0.115. The minimum Gasteiger partial charge on any atom is -0.382 e. The highest BCUT2D eigenvalue weighted by molar-refractivity contribution is 5.93. The zero-order valence-electron chi connectivity index (χ0n) is 19.0. The van der Waals surface area contributed by atoms with E-state index in [2.05, 4.69) is 15.3 Å². The molecule has 1 aliphatic heterocycles. The fraction of sp³-hybridized carbons (Fsp3) is 0.565. The maximum absolute atomic E-state index is 14.4. The summed E-state index contributed by atoms with van der Waals surface area (Å²) in [7, 11) is 0. The molecule has 1 saturated heterocycles. The number of hydrogen-bond donors (Lipinski definition) is 2. The molecule has 1 saturated carbocycles. The van der Waals surface area contributed by atoms with E-state index < -0.39 is 17.0 Å². The number of nitrogens with zero attached hydrogens (tertiary/aromatic N) is 4. The summed E-state index contributed by atoms with van der Waals surface area (Å²) < 4.78 is 29.3. The van der Waals surface area contributed by atoms with Gasteiger partial charge in [0.25, 0.3) is 0 Å². The van der Waals surface area contributed by atoms with E-state index in [1.54, 1.807) is 4.90 Å². The second kappa shape index (κ2) is 8.69. The zero-order valence-corrected chi connectivity index (χ0v) is 19.0. The number of anilines is 2. The SMILES string of the molecule is CC(C)(C)c1nn(-c2cc(F)ccc2F)c(N)c1NC(=O)N1CCN(C2CCCC2)CC1. The van der Waals surface area contributed by atoms with Crippen LogP contribution >= 0.6 is 0 Å². The maximum atomic E-state index is 14.4. The quantitative estimate of drug-likeness (QED) is 0.743. The van der Waals surface area contributed by atoms with Crippen LogP contribution in [0.1, 0.15) is 52.1 Å². The molecular formula is C23H32F2N6O. The number of hydrogen-bond acceptors (Lipinski definition) is 4. The average molecular weight is 447 g/mol. The largest absolute Gasteiger partial charge is 0.382 e. The fourth-order valence-electron chi connectivity index (χ4n) is 4.66. The number of nitrogens with one attached hydrogen (secondary N) is 1. The van der Waals surface area contributed by atoms with Gasteiger partial charge in [-0.15, -0.1) is 0 Å². The van der Waals surface area contributed by atoms with Gasteiger partial charge >= 0.3 is 6.03 Å². The third kappa shape index (κ3) is 4.44. The second-order valence-corrected chi connectivity index (χ2v) is 9.76. The van der Waals surface area contributed by atoms with E-state index in [0.29, 0.717) is 30.5 Å². The summed E-state index contributed by atoms with van der Waals surface area (Å²) in [5, 5.41) is 7.37. The van der Waals surface area contributed by atoms with Crippen molar-refractivity contribution in [2.24, 2.45) is 0 Å². The number of amides is 2. The Labute approximate surface area is 187 Å². The summed E-state index contributed by atoms with van der Waals surface area (Å²) in [4.78, 5) is 17.3. The molecule has 0 radical (unpaired) electrons. The fourth-order valence-corrected chi connectivity index (χ4v) is 4.66. The molecule has 2 heterocycles. The molecule has 1 aliphatic carbocycles. The van der Waals surface area contributed by atoms with E-state index in [9.17, 15) is 13.6 Å². The van der Waals surface area contributed by atoms with Gasteiger partial charge in [0.2, 0.25) is 0 Å². The van der Waals surface area contributed by atoms with Crippen molar-refractivity contribution in [2.75, 3.05) is 37.2 Å². The maximum Gasteiger partial charge on any atom is 0.322 e. The number of aromatic nitrogens is 2. The first-order chi connectivity index (χ1) is 15.1. The Kier molecular flexibility index (Phi) is 6.11. The first-order valence-corrected chi connectivity index (χ1v) is 11.3. The molecule has 2 amide bonds. The molecule has 1 aromatic heterocycles. The Bertz CT molecular complexity index is 985. The van der Waals surface area contributed by atoms with Gasteiger partial charge in [-0.3, -0.25) is 4.90 Å². The van der Waals surface area contributed by atoms with Gasteiger partial charge in [-0.05, 0) is 25.0 Å². The van der Waals surface area contributed by atoms with Crippen molar-refractivity contribution in [2.45, 2.75) is 57.9 Å². The normalized spacial score (nSPS) is 18.3. The standard InChI is InChI=1S/C23H32F2N6O/c1-23(2,3)20-19(21(26)31(28-20)18-14-15(24)8-9-17(18)25)27-22(32)30-12-10-29(11-13-30)16-6-4-5-7-16/h8-9,14,16H,4-7,10-13,26H2,1-3H3,(H,27,32). The number of carbonyl (C=O) groups is 1. The molecule has 2 fully saturated rings. The lowest BCUT2D eigenvalue weighted by Gasteiger charge is -2.38. The first kappa shape index (κ1) is 22.5. The van der Waals surface area contributed by atoms with Gasteiger partial charge in [0.1, 0.15) is 23.0 Å². The Morgan fingerprint density at radius 2 is 1.78 bits per heavy atom. The van der Waals surface area contributed by atoms with E-state index in [1.807, 2.05) is 20.8 Å². The van der Waals surface area contributed by atoms with Crippen molar-refractivity contribution < 1.29 is 13.6 Å². The summed E-state index contributed by atoms with van der Waals surface area (Å²) in [5.41, 5.74) is 6.57. The Balaban J connectivity index is 1.56. The van der Waals surface area contributed by atoms with Crippen LogP contribution < -0.4 is 11.1 Å². The number of halogens is 2. The van der Waals surface area contributed by atoms with Crippen molar-refractivity contribution in [3.63, 3.8) is 0 Å². The van der Waals surface area contributed by atoms with E-state index in [-0.39, 0.29) is 17.5 Å². The molecule has 0 spiro atoms. The minimum absolute atomic E-state index is 0.0670. The monoisotopic (exact) mass is 446 g/mol. The van der Waals surface area contributed by atoms with Crippen LogP contribution in [-0.2, 0) is 5.41 Å². The average Bonchev–Trinajstić information content (AvgIpc) is 3.39. The molecule has 0 atom stereocenters. The molecule has 0 unspecified atom stereocenters. The highest BCUT2D eigenvalue weighted by Crippen LogP contribution is 2.35. The van der Waals surface area contributed by atoms with E-state index in [0.717, 1.165) is 36.0 Å². The summed E-state index contributed by atoms with van der Waals surface area (Å²) in [6.45, 7) is 8.77. The van der Waals surface area contributed by atoms with Crippen LogP contribution in [0.2, 0.25) is 0 Å². The van der Waals surface area contributed by atoms with E-state index >= 15 is 0 Å². The molecule has 2 aliphatic rings. The summed E-state index contributed by atoms with van der Waals surface area (Å²) in [5.74, 6) is -1.18. The van der Waals surface area contributed by atoms with Crippen molar-refractivity contribution in [3.05, 3.63) is 35.5 Å². The molecular weight excluding hydrogens is 414 g/mol. The number of rotatable bonds is 3. The van der Waals surface area contributed by atoms with Gasteiger partial charge in [-0.1, -0.05) is 33.6 Å². The predicted octanol–water partition coefficient (Wildman–Crippen LogP) is 4.12. The minimum atomic E-state index is -0.651. The summed E-state index contributed by atoms with van der Waals surface area (Å²) >= 11 is 0. The first-order valence-electron chi connectivity index (χ1n) is 11.3. The number of piperazine rings is 1. The summed E-state index contributed by atoms with van der Waals surface area (Å²) in [6, 6.07) is 3.50. The smallest absolute Gasteiger partial charge is 0.322 e. The Hall–Kier alpha value is -2.68. The molecule has 174 valence electrons. The molecule has 32 heavy (non-hydrogen) atoms. The molecule has 2 aromatic rings. The number of benzene rings is 1. The van der Waals surface area contributed by atoms with Gasteiger partial charge in [-0.25, -0.2) is 18.3 Å². The van der Waals surface area contributed by atoms with Crippen LogP contribution in [0.5, 0.6) is 0 Å². The van der Waals surface area contributed by atoms with Crippen LogP contribution in [0.15, 0.2) is 18.2 Å². The van der Waals surface area contributed by atoms with Gasteiger partial charge < -0.3 is 16.0 Å². The van der Waals surface area contributed by atoms with Crippen LogP contribution in [0.4, 0.5) is 25.1 Å². The van der Waals surface area contributed by atoms with Gasteiger partial charge in [0.15, 0.2) is 5.82 Å². The zero-order chi connectivity index (χ0) is 23.0. The second-order valence-electron chi connectivity index (χ2n) is 9.76. The van der Waals surface area contributed by atoms with Crippen molar-refractivity contribution >= 4 is 17.5 Å². The topological polar surface area (TPSA) is 79.4 Å². The van der Waals surface area contributed by atoms with E-state index in [1.165, 1.54) is 25.7 Å². The van der Waals surface area contributed by atoms with Crippen molar-refractivity contribution in [1.82, 2.24) is 19.6 Å². The molecule has 7 nitrogen and oxygen atoms in total. The van der Waals surface area contributed by atoms with Gasteiger partial charge in [0.05, 0.1) is 5.69 Å². The predicted molar refractivity (Wildman–Crippen MR) is 121 cm³/mol. The van der Waals surface area contributed by atoms with Crippen LogP contribution in [0.3, 0.4) is 0 Å². The molecule has 9 heteroatoms. The highest BCUT2D eigenvalue weighted by atomic mass is 19.1. The molecule has 3 N–H and O–H groups in total. The van der Waals surface area contributed by atoms with Crippen molar-refractivity contribution in [1.29, 1.82) is 0 Å². The third-order valence-electron chi connectivity index (χ3n) is 6.44. The number of nitrogens with two attached hydrogens (primary N) is 1. The lowest BCUT2D eigenvalue weighted by atomic mass is 9.91. The number of nitrogen functional groups attached to an aromatic ring is 1. The van der Waals surface area contributed by atoms with Crippen LogP contribution in [0, 0.1) is 11.6 Å². The molecule has 4 rings (SSSR count). The van der Waals surface area contributed by atoms with Gasteiger partial charge in [-0.2, -0.15) is 5.10 Å². The Morgan fingerprint density at radius 3 is 2.41 bits per heavy atom. The van der Waals surface area contributed by atoms with E-state index in [4.69, 9.17) is 5.73 Å². The highest BCUT2D eigenvalue weighted by Gasteiger charge is 2.31. The third-order valence-corrected chi connectivity index (χ3v) is 6.44. The number of carbonyl (C=O) groups excluding carboxylic acids is 1.